The summed E-state index contributed by atoms with van der Waals surface area (Å²) in [5, 5.41) is 14.7. The van der Waals surface area contributed by atoms with Gasteiger partial charge in [-0.3, -0.25) is 0 Å². The Kier molecular flexibility index (Phi) is 4.35. The van der Waals surface area contributed by atoms with E-state index in [0.29, 0.717) is 24.0 Å². The molecule has 1 aliphatic heterocycles. The average Bonchev–Trinajstić information content (AvgIpc) is 3.55. The highest BCUT2D eigenvalue weighted by Crippen LogP contribution is 2.37. The van der Waals surface area contributed by atoms with E-state index in [1.807, 2.05) is 40.4 Å². The molecule has 0 amide bonds. The minimum atomic E-state index is -3.37. The molecule has 0 saturated carbocycles. The number of nitrogens with zero attached hydrogens (tertiary/aromatic N) is 4. The van der Waals surface area contributed by atoms with Gasteiger partial charge in [-0.2, -0.15) is 0 Å². The van der Waals surface area contributed by atoms with Gasteiger partial charge in [0.1, 0.15) is 22.1 Å². The summed E-state index contributed by atoms with van der Waals surface area (Å²) in [5.74, 6) is 0.875. The number of thiazole rings is 1. The van der Waals surface area contributed by atoms with Crippen LogP contribution in [0.3, 0.4) is 0 Å². The van der Waals surface area contributed by atoms with Crippen LogP contribution < -0.4 is 0 Å². The average molecular weight is 478 g/mol. The van der Waals surface area contributed by atoms with E-state index in [1.165, 1.54) is 23.8 Å². The molecule has 166 valence electrons. The Morgan fingerprint density at radius 3 is 2.94 bits per heavy atom. The van der Waals surface area contributed by atoms with Crippen molar-refractivity contribution in [2.75, 3.05) is 6.26 Å². The lowest BCUT2D eigenvalue weighted by Crippen LogP contribution is -2.27. The number of sulfone groups is 1. The highest BCUT2D eigenvalue weighted by Gasteiger charge is 2.37. The van der Waals surface area contributed by atoms with Crippen molar-refractivity contribution < 1.29 is 13.5 Å². The van der Waals surface area contributed by atoms with E-state index in [1.54, 1.807) is 18.5 Å². The Balaban J connectivity index is 1.36. The van der Waals surface area contributed by atoms with Crippen molar-refractivity contribution in [2.24, 2.45) is 0 Å². The van der Waals surface area contributed by atoms with Crippen LogP contribution in [0.25, 0.3) is 32.9 Å². The summed E-state index contributed by atoms with van der Waals surface area (Å²) in [6.45, 7) is 0.471. The molecule has 0 bridgehead atoms. The van der Waals surface area contributed by atoms with Gasteiger partial charge < -0.3 is 14.7 Å². The Hall–Kier alpha value is -3.34. The maximum Gasteiger partial charge on any atom is 0.177 e. The van der Waals surface area contributed by atoms with E-state index in [9.17, 15) is 13.5 Å². The molecule has 1 aromatic carbocycles. The van der Waals surface area contributed by atoms with Crippen molar-refractivity contribution in [3.63, 3.8) is 0 Å². The molecule has 2 N–H and O–H groups in total. The number of pyridine rings is 1. The monoisotopic (exact) mass is 477 g/mol. The summed E-state index contributed by atoms with van der Waals surface area (Å²) in [6.07, 6.45) is 8.43. The number of aromatic nitrogens is 5. The molecule has 0 saturated heterocycles. The van der Waals surface area contributed by atoms with Crippen LogP contribution in [0.15, 0.2) is 65.4 Å². The van der Waals surface area contributed by atoms with Crippen molar-refractivity contribution >= 4 is 32.2 Å². The molecule has 0 radical (unpaired) electrons. The lowest BCUT2D eigenvalue weighted by Gasteiger charge is -2.22. The number of fused-ring (bicyclic) bond motifs is 2. The molecule has 1 aliphatic rings. The molecule has 8 nitrogen and oxygen atoms in total. The molecule has 0 aliphatic carbocycles. The summed E-state index contributed by atoms with van der Waals surface area (Å²) in [5.41, 5.74) is 2.94. The zero-order chi connectivity index (χ0) is 22.8. The third-order valence-electron chi connectivity index (χ3n) is 6.05. The zero-order valence-electron chi connectivity index (χ0n) is 17.6. The van der Waals surface area contributed by atoms with Gasteiger partial charge in [0, 0.05) is 59.4 Å². The van der Waals surface area contributed by atoms with Crippen LogP contribution in [0.5, 0.6) is 0 Å². The molecule has 6 rings (SSSR count). The van der Waals surface area contributed by atoms with E-state index in [4.69, 9.17) is 4.98 Å². The summed E-state index contributed by atoms with van der Waals surface area (Å²) in [6, 6.07) is 9.43. The van der Waals surface area contributed by atoms with Gasteiger partial charge in [-0.1, -0.05) is 18.2 Å². The van der Waals surface area contributed by atoms with Gasteiger partial charge in [-0.15, -0.1) is 11.3 Å². The Bertz CT molecular complexity index is 1610. The van der Waals surface area contributed by atoms with Crippen LogP contribution in [-0.4, -0.2) is 44.3 Å². The molecule has 33 heavy (non-hydrogen) atoms. The molecule has 0 fully saturated rings. The van der Waals surface area contributed by atoms with Gasteiger partial charge in [0.2, 0.25) is 0 Å². The first kappa shape index (κ1) is 20.3. The largest absolute Gasteiger partial charge is 0.383 e. The number of benzene rings is 1. The van der Waals surface area contributed by atoms with Gasteiger partial charge >= 0.3 is 0 Å². The summed E-state index contributed by atoms with van der Waals surface area (Å²) in [7, 11) is -3.37. The number of imidazole rings is 1. The fourth-order valence-corrected chi connectivity index (χ4v) is 5.74. The van der Waals surface area contributed by atoms with E-state index < -0.39 is 15.4 Å². The van der Waals surface area contributed by atoms with Gasteiger partial charge in [-0.05, 0) is 17.7 Å². The van der Waals surface area contributed by atoms with Crippen molar-refractivity contribution in [3.8, 4) is 21.8 Å². The molecule has 4 aromatic heterocycles. The third kappa shape index (κ3) is 3.38. The highest BCUT2D eigenvalue weighted by atomic mass is 32.2. The quantitative estimate of drug-likeness (QED) is 0.410. The summed E-state index contributed by atoms with van der Waals surface area (Å²) in [4.78, 5) is 16.6. The zero-order valence-corrected chi connectivity index (χ0v) is 19.2. The Morgan fingerprint density at radius 1 is 1.24 bits per heavy atom. The van der Waals surface area contributed by atoms with E-state index in [0.717, 1.165) is 33.2 Å². The lowest BCUT2D eigenvalue weighted by atomic mass is 9.91. The molecular weight excluding hydrogens is 458 g/mol. The summed E-state index contributed by atoms with van der Waals surface area (Å²) < 4.78 is 25.9. The van der Waals surface area contributed by atoms with Crippen LogP contribution in [0.4, 0.5) is 0 Å². The number of aliphatic hydroxyl groups is 1. The van der Waals surface area contributed by atoms with Gasteiger partial charge in [-0.25, -0.2) is 23.4 Å². The number of aromatic amines is 1. The topological polar surface area (TPSA) is 114 Å². The fraction of sp³-hybridized carbons (Fsp3) is 0.174. The first-order valence-corrected chi connectivity index (χ1v) is 13.0. The molecule has 10 heteroatoms. The number of hydrogen-bond acceptors (Lipinski definition) is 7. The van der Waals surface area contributed by atoms with Crippen LogP contribution in [0, 0.1) is 0 Å². The molecule has 5 aromatic rings. The second-order valence-corrected chi connectivity index (χ2v) is 11.2. The maximum absolute atomic E-state index is 12.0. The second-order valence-electron chi connectivity index (χ2n) is 8.34. The number of rotatable bonds is 4. The second kappa shape index (κ2) is 7.08. The van der Waals surface area contributed by atoms with Crippen LogP contribution in [0.2, 0.25) is 0 Å². The van der Waals surface area contributed by atoms with Crippen LogP contribution in [-0.2, 0) is 28.4 Å². The third-order valence-corrected chi connectivity index (χ3v) is 8.00. The van der Waals surface area contributed by atoms with Crippen LogP contribution >= 0.6 is 11.3 Å². The van der Waals surface area contributed by atoms with Crippen molar-refractivity contribution in [1.29, 1.82) is 0 Å². The van der Waals surface area contributed by atoms with Crippen LogP contribution in [0.1, 0.15) is 11.4 Å². The predicted octanol–water partition coefficient (Wildman–Crippen LogP) is 3.40. The van der Waals surface area contributed by atoms with Gasteiger partial charge in [0.05, 0.1) is 17.1 Å². The smallest absolute Gasteiger partial charge is 0.177 e. The summed E-state index contributed by atoms with van der Waals surface area (Å²) >= 11 is 1.47. The fourth-order valence-electron chi connectivity index (χ4n) is 4.31. The molecular formula is C23H19N5O3S2. The maximum atomic E-state index is 12.0. The van der Waals surface area contributed by atoms with Crippen molar-refractivity contribution in [2.45, 2.75) is 23.5 Å². The predicted molar refractivity (Wildman–Crippen MR) is 126 cm³/mol. The lowest BCUT2D eigenvalue weighted by molar-refractivity contribution is 0.0376. The minimum absolute atomic E-state index is 0.171. The first-order valence-electron chi connectivity index (χ1n) is 10.3. The Labute approximate surface area is 193 Å². The SMILES string of the molecule is CS(=O)(=O)c1cnc2[nH]cc(-c3nc(-c4cccc([C@]5(O)Cc6nccn6C5)c4)cs3)c2c1. The van der Waals surface area contributed by atoms with Gasteiger partial charge in [0.15, 0.2) is 9.84 Å². The highest BCUT2D eigenvalue weighted by molar-refractivity contribution is 7.90. The Morgan fingerprint density at radius 2 is 2.12 bits per heavy atom. The van der Waals surface area contributed by atoms with E-state index in [2.05, 4.69) is 15.0 Å². The molecule has 5 heterocycles. The van der Waals surface area contributed by atoms with E-state index >= 15 is 0 Å². The molecule has 1 atom stereocenters. The number of H-pyrrole nitrogens is 1. The normalized spacial score (nSPS) is 18.1. The molecule has 0 unspecified atom stereocenters. The minimum Gasteiger partial charge on any atom is -0.383 e. The van der Waals surface area contributed by atoms with E-state index in [-0.39, 0.29) is 4.90 Å². The molecule has 0 spiro atoms. The van der Waals surface area contributed by atoms with Crippen molar-refractivity contribution in [3.05, 3.63) is 71.9 Å². The van der Waals surface area contributed by atoms with Crippen molar-refractivity contribution in [1.82, 2.24) is 24.5 Å². The standard InChI is InChI=1S/C23H19N5O3S2/c1-33(30,31)16-8-17-18(11-26-21(17)25-10-16)22-27-19(12-32-22)14-3-2-4-15(7-14)23(29)9-20-24-5-6-28(20)13-23/h2-8,10-12,29H,9,13H2,1H3,(H,25,26)/t23-/m0/s1. The van der Waals surface area contributed by atoms with Gasteiger partial charge in [0.25, 0.3) is 0 Å². The number of hydrogen-bond donors (Lipinski definition) is 2. The number of nitrogens with one attached hydrogen (secondary N) is 1. The first-order chi connectivity index (χ1) is 15.8.